The molecule has 0 bridgehead atoms. The Labute approximate surface area is 171 Å². The van der Waals surface area contributed by atoms with E-state index in [1.807, 2.05) is 55.5 Å². The van der Waals surface area contributed by atoms with Gasteiger partial charge in [0, 0.05) is 21.7 Å². The second kappa shape index (κ2) is 6.57. The summed E-state index contributed by atoms with van der Waals surface area (Å²) < 4.78 is 4.98. The largest absolute Gasteiger partial charge is 0.464 e. The maximum atomic E-state index is 12.5. The summed E-state index contributed by atoms with van der Waals surface area (Å²) in [7, 11) is 1.35. The number of aromatic nitrogens is 3. The van der Waals surface area contributed by atoms with Gasteiger partial charge >= 0.3 is 5.97 Å². The number of esters is 1. The summed E-state index contributed by atoms with van der Waals surface area (Å²) in [6.45, 7) is 1.88. The molecule has 3 heterocycles. The number of methoxy groups -OCH3 is 1. The predicted octanol–water partition coefficient (Wildman–Crippen LogP) is 5.68. The van der Waals surface area contributed by atoms with E-state index in [9.17, 15) is 4.79 Å². The number of carbonyl (C=O) groups excluding carboxylic acids is 1. The normalized spacial score (nSPS) is 11.4. The first-order valence-corrected chi connectivity index (χ1v) is 9.51. The lowest BCUT2D eigenvalue weighted by Crippen LogP contribution is -2.08. The maximum Gasteiger partial charge on any atom is 0.356 e. The van der Waals surface area contributed by atoms with Gasteiger partial charge in [-0.05, 0) is 30.7 Å². The fourth-order valence-electron chi connectivity index (χ4n) is 3.81. The van der Waals surface area contributed by atoms with Crippen molar-refractivity contribution in [2.75, 3.05) is 7.11 Å². The Morgan fingerprint density at radius 2 is 1.76 bits per heavy atom. The number of halogens is 1. The SMILES string of the molecule is COC(=O)c1nc(-c2cc(Cl)c3ccccc3n2)c2[nH]c3ccccc3c2c1C. The molecule has 6 heteroatoms. The number of nitrogens with one attached hydrogen (secondary N) is 1. The fourth-order valence-corrected chi connectivity index (χ4v) is 4.08. The Hall–Kier alpha value is -3.44. The van der Waals surface area contributed by atoms with Crippen molar-refractivity contribution in [3.63, 3.8) is 0 Å². The van der Waals surface area contributed by atoms with Crippen molar-refractivity contribution in [2.45, 2.75) is 6.92 Å². The summed E-state index contributed by atoms with van der Waals surface area (Å²) in [4.78, 5) is 25.3. The average molecular weight is 402 g/mol. The summed E-state index contributed by atoms with van der Waals surface area (Å²) >= 11 is 6.53. The van der Waals surface area contributed by atoms with E-state index in [0.29, 0.717) is 16.4 Å². The van der Waals surface area contributed by atoms with Gasteiger partial charge in [-0.2, -0.15) is 0 Å². The van der Waals surface area contributed by atoms with Crippen LogP contribution >= 0.6 is 11.6 Å². The quantitative estimate of drug-likeness (QED) is 0.386. The average Bonchev–Trinajstić information content (AvgIpc) is 3.13. The van der Waals surface area contributed by atoms with Gasteiger partial charge in [0.25, 0.3) is 0 Å². The first-order valence-electron chi connectivity index (χ1n) is 9.13. The molecule has 0 aliphatic heterocycles. The van der Waals surface area contributed by atoms with Gasteiger partial charge in [0.1, 0.15) is 5.69 Å². The van der Waals surface area contributed by atoms with E-state index in [0.717, 1.165) is 38.3 Å². The summed E-state index contributed by atoms with van der Waals surface area (Å²) in [5.41, 5.74) is 4.73. The number of hydrogen-bond donors (Lipinski definition) is 1. The van der Waals surface area contributed by atoms with Gasteiger partial charge < -0.3 is 9.72 Å². The number of hydrogen-bond acceptors (Lipinski definition) is 4. The lowest BCUT2D eigenvalue weighted by atomic mass is 10.0. The Bertz CT molecular complexity index is 1440. The number of ether oxygens (including phenoxy) is 1. The van der Waals surface area contributed by atoms with Gasteiger partial charge in [-0.15, -0.1) is 0 Å². The van der Waals surface area contributed by atoms with E-state index in [2.05, 4.69) is 9.97 Å². The molecule has 5 nitrogen and oxygen atoms in total. The molecule has 0 fully saturated rings. The highest BCUT2D eigenvalue weighted by molar-refractivity contribution is 6.35. The third kappa shape index (κ3) is 2.66. The van der Waals surface area contributed by atoms with Crippen molar-refractivity contribution < 1.29 is 9.53 Å². The Balaban J connectivity index is 1.93. The van der Waals surface area contributed by atoms with Crippen molar-refractivity contribution in [1.29, 1.82) is 0 Å². The van der Waals surface area contributed by atoms with E-state index in [4.69, 9.17) is 21.3 Å². The molecule has 0 atom stereocenters. The topological polar surface area (TPSA) is 67.9 Å². The van der Waals surface area contributed by atoms with Gasteiger partial charge in [0.05, 0.1) is 28.9 Å². The first-order chi connectivity index (χ1) is 14.1. The summed E-state index contributed by atoms with van der Waals surface area (Å²) in [6.07, 6.45) is 0. The molecule has 0 radical (unpaired) electrons. The second-order valence-corrected chi connectivity index (χ2v) is 7.26. The third-order valence-electron chi connectivity index (χ3n) is 5.18. The number of nitrogens with zero attached hydrogens (tertiary/aromatic N) is 2. The van der Waals surface area contributed by atoms with Gasteiger partial charge in [0.2, 0.25) is 0 Å². The van der Waals surface area contributed by atoms with Gasteiger partial charge in [-0.3, -0.25) is 0 Å². The van der Waals surface area contributed by atoms with Gasteiger partial charge in [-0.1, -0.05) is 48.0 Å². The molecule has 1 N–H and O–H groups in total. The summed E-state index contributed by atoms with van der Waals surface area (Å²) in [6, 6.07) is 17.4. The van der Waals surface area contributed by atoms with Crippen LogP contribution in [0.2, 0.25) is 5.02 Å². The number of benzene rings is 2. The number of aryl methyl sites for hydroxylation is 1. The Morgan fingerprint density at radius 3 is 2.55 bits per heavy atom. The van der Waals surface area contributed by atoms with Crippen molar-refractivity contribution in [3.05, 3.63) is 70.9 Å². The molecule has 5 aromatic rings. The number of aromatic amines is 1. The van der Waals surface area contributed by atoms with E-state index >= 15 is 0 Å². The summed E-state index contributed by atoms with van der Waals surface area (Å²) in [5, 5.41) is 3.39. The number of pyridine rings is 2. The predicted molar refractivity (Wildman–Crippen MR) is 115 cm³/mol. The molecule has 3 aromatic heterocycles. The second-order valence-electron chi connectivity index (χ2n) is 6.85. The van der Waals surface area contributed by atoms with Crippen LogP contribution in [0.4, 0.5) is 0 Å². The number of fused-ring (bicyclic) bond motifs is 4. The zero-order valence-electron chi connectivity index (χ0n) is 15.8. The van der Waals surface area contributed by atoms with Crippen molar-refractivity contribution >= 4 is 50.3 Å². The number of rotatable bonds is 2. The van der Waals surface area contributed by atoms with Crippen LogP contribution in [0.25, 0.3) is 44.1 Å². The zero-order valence-corrected chi connectivity index (χ0v) is 16.5. The van der Waals surface area contributed by atoms with Crippen LogP contribution in [0.1, 0.15) is 16.1 Å². The molecule has 0 spiro atoms. The monoisotopic (exact) mass is 401 g/mol. The highest BCUT2D eigenvalue weighted by Gasteiger charge is 2.22. The minimum Gasteiger partial charge on any atom is -0.464 e. The van der Waals surface area contributed by atoms with Gasteiger partial charge in [-0.25, -0.2) is 14.8 Å². The van der Waals surface area contributed by atoms with Crippen LogP contribution in [0.15, 0.2) is 54.6 Å². The minimum absolute atomic E-state index is 0.269. The molecular formula is C23H16ClN3O2. The maximum absolute atomic E-state index is 12.5. The van der Waals surface area contributed by atoms with Crippen LogP contribution in [0.5, 0.6) is 0 Å². The van der Waals surface area contributed by atoms with Crippen molar-refractivity contribution in [3.8, 4) is 11.4 Å². The fraction of sp³-hybridized carbons (Fsp3) is 0.0870. The van der Waals surface area contributed by atoms with Crippen LogP contribution in [-0.2, 0) is 4.74 Å². The Morgan fingerprint density at radius 1 is 1.03 bits per heavy atom. The molecule has 2 aromatic carbocycles. The molecule has 142 valence electrons. The zero-order chi connectivity index (χ0) is 20.1. The highest BCUT2D eigenvalue weighted by Crippen LogP contribution is 2.36. The molecule has 29 heavy (non-hydrogen) atoms. The lowest BCUT2D eigenvalue weighted by molar-refractivity contribution is 0.0593. The summed E-state index contributed by atoms with van der Waals surface area (Å²) in [5.74, 6) is -0.484. The van der Waals surface area contributed by atoms with Crippen molar-refractivity contribution in [1.82, 2.24) is 15.0 Å². The molecule has 0 saturated carbocycles. The molecule has 0 aliphatic rings. The minimum atomic E-state index is -0.484. The van der Waals surface area contributed by atoms with Crippen molar-refractivity contribution in [2.24, 2.45) is 0 Å². The van der Waals surface area contributed by atoms with E-state index in [-0.39, 0.29) is 5.69 Å². The molecular weight excluding hydrogens is 386 g/mol. The molecule has 0 aliphatic carbocycles. The molecule has 5 rings (SSSR count). The number of H-pyrrole nitrogens is 1. The number of carbonyl (C=O) groups is 1. The van der Waals surface area contributed by atoms with Crippen LogP contribution in [0.3, 0.4) is 0 Å². The smallest absolute Gasteiger partial charge is 0.356 e. The van der Waals surface area contributed by atoms with Crippen LogP contribution in [0, 0.1) is 6.92 Å². The van der Waals surface area contributed by atoms with E-state index in [1.165, 1.54) is 7.11 Å². The molecule has 0 amide bonds. The Kier molecular flexibility index (Phi) is 4.00. The lowest BCUT2D eigenvalue weighted by Gasteiger charge is -2.11. The van der Waals surface area contributed by atoms with E-state index < -0.39 is 5.97 Å². The standard InChI is InChI=1S/C23H16ClN3O2/c1-12-19-14-8-4-6-10-17(14)26-22(19)21(27-20(12)23(28)29-2)18-11-15(24)13-7-3-5-9-16(13)25-18/h3-11,26H,1-2H3. The third-order valence-corrected chi connectivity index (χ3v) is 5.50. The highest BCUT2D eigenvalue weighted by atomic mass is 35.5. The molecule has 0 saturated heterocycles. The van der Waals surface area contributed by atoms with E-state index in [1.54, 1.807) is 6.07 Å². The van der Waals surface area contributed by atoms with Gasteiger partial charge in [0.15, 0.2) is 5.69 Å². The number of para-hydroxylation sites is 2. The first kappa shape index (κ1) is 17.6. The van der Waals surface area contributed by atoms with Crippen LogP contribution < -0.4 is 0 Å². The van der Waals surface area contributed by atoms with Crippen LogP contribution in [-0.4, -0.2) is 28.0 Å². The molecule has 0 unspecified atom stereocenters.